The van der Waals surface area contributed by atoms with Crippen LogP contribution >= 0.6 is 0 Å². The lowest BCUT2D eigenvalue weighted by molar-refractivity contribution is 0.0965. The quantitative estimate of drug-likeness (QED) is 0.652. The number of aliphatic hydroxyl groups excluding tert-OH is 2. The molecule has 1 rings (SSSR count). The summed E-state index contributed by atoms with van der Waals surface area (Å²) in [6, 6.07) is 6.00. The number of ether oxygens (including phenoxy) is 1. The summed E-state index contributed by atoms with van der Waals surface area (Å²) in [6.45, 7) is 9.36. The summed E-state index contributed by atoms with van der Waals surface area (Å²) in [5.41, 5.74) is 2.30. The van der Waals surface area contributed by atoms with Crippen molar-refractivity contribution >= 4 is 0 Å². The predicted molar refractivity (Wildman–Crippen MR) is 85.7 cm³/mol. The van der Waals surface area contributed by atoms with E-state index in [4.69, 9.17) is 4.74 Å². The van der Waals surface area contributed by atoms with Crippen molar-refractivity contribution in [1.82, 2.24) is 5.32 Å². The van der Waals surface area contributed by atoms with Crippen molar-refractivity contribution in [3.63, 3.8) is 0 Å². The van der Waals surface area contributed by atoms with Gasteiger partial charge >= 0.3 is 0 Å². The lowest BCUT2D eigenvalue weighted by Crippen LogP contribution is -2.36. The second-order valence-electron chi connectivity index (χ2n) is 6.23. The van der Waals surface area contributed by atoms with E-state index in [1.54, 1.807) is 0 Å². The molecule has 21 heavy (non-hydrogen) atoms. The number of nitrogens with one attached hydrogen (secondary N) is 1. The topological polar surface area (TPSA) is 61.7 Å². The molecule has 120 valence electrons. The second-order valence-corrected chi connectivity index (χ2v) is 6.23. The molecule has 2 unspecified atom stereocenters. The van der Waals surface area contributed by atoms with Crippen LogP contribution in [0.25, 0.3) is 0 Å². The van der Waals surface area contributed by atoms with Crippen molar-refractivity contribution in [1.29, 1.82) is 0 Å². The summed E-state index contributed by atoms with van der Waals surface area (Å²) >= 11 is 0. The molecule has 1 aromatic rings. The molecule has 2 atom stereocenters. The lowest BCUT2D eigenvalue weighted by atomic mass is 10.1. The first-order valence-electron chi connectivity index (χ1n) is 7.64. The molecule has 0 bridgehead atoms. The zero-order valence-corrected chi connectivity index (χ0v) is 13.6. The van der Waals surface area contributed by atoms with Crippen molar-refractivity contribution in [2.45, 2.75) is 46.3 Å². The zero-order chi connectivity index (χ0) is 15.8. The van der Waals surface area contributed by atoms with Gasteiger partial charge in [-0.25, -0.2) is 0 Å². The second kappa shape index (κ2) is 9.03. The van der Waals surface area contributed by atoms with Gasteiger partial charge in [-0.3, -0.25) is 0 Å². The van der Waals surface area contributed by atoms with Crippen LogP contribution in [0.4, 0.5) is 0 Å². The number of rotatable bonds is 9. The molecule has 0 saturated heterocycles. The fourth-order valence-electron chi connectivity index (χ4n) is 2.31. The Morgan fingerprint density at radius 2 is 1.57 bits per heavy atom. The van der Waals surface area contributed by atoms with Gasteiger partial charge in [0.15, 0.2) is 0 Å². The highest BCUT2D eigenvalue weighted by molar-refractivity contribution is 5.32. The highest BCUT2D eigenvalue weighted by atomic mass is 16.5. The minimum atomic E-state index is -0.586. The van der Waals surface area contributed by atoms with Crippen LogP contribution in [0.2, 0.25) is 0 Å². The number of aliphatic hydroxyl groups is 2. The molecule has 0 heterocycles. The predicted octanol–water partition coefficient (Wildman–Crippen LogP) is 2.04. The van der Waals surface area contributed by atoms with Crippen LogP contribution in [-0.4, -0.2) is 42.1 Å². The zero-order valence-electron chi connectivity index (χ0n) is 13.6. The monoisotopic (exact) mass is 295 g/mol. The third kappa shape index (κ3) is 8.05. The van der Waals surface area contributed by atoms with E-state index in [1.165, 1.54) is 0 Å². The SMILES string of the molecule is Cc1cc(C)cc(OCC(O)CNCC(O)CC(C)C)c1. The van der Waals surface area contributed by atoms with Gasteiger partial charge in [-0.1, -0.05) is 19.9 Å². The van der Waals surface area contributed by atoms with Crippen LogP contribution in [0.1, 0.15) is 31.4 Å². The summed E-state index contributed by atoms with van der Waals surface area (Å²) in [4.78, 5) is 0. The van der Waals surface area contributed by atoms with Crippen LogP contribution in [0.15, 0.2) is 18.2 Å². The van der Waals surface area contributed by atoms with E-state index >= 15 is 0 Å². The Morgan fingerprint density at radius 1 is 1.00 bits per heavy atom. The maximum Gasteiger partial charge on any atom is 0.119 e. The molecule has 0 amide bonds. The van der Waals surface area contributed by atoms with Crippen LogP contribution in [0.5, 0.6) is 5.75 Å². The standard InChI is InChI=1S/C17H29NO3/c1-12(2)5-15(19)9-18-10-16(20)11-21-17-7-13(3)6-14(4)8-17/h6-8,12,15-16,18-20H,5,9-11H2,1-4H3. The fourth-order valence-corrected chi connectivity index (χ4v) is 2.31. The summed E-state index contributed by atoms with van der Waals surface area (Å²) in [5, 5.41) is 22.7. The highest BCUT2D eigenvalue weighted by Crippen LogP contribution is 2.16. The Balaban J connectivity index is 2.23. The fraction of sp³-hybridized carbons (Fsp3) is 0.647. The van der Waals surface area contributed by atoms with Gasteiger partial charge in [0.2, 0.25) is 0 Å². The Hall–Kier alpha value is -1.10. The molecule has 0 aromatic heterocycles. The van der Waals surface area contributed by atoms with E-state index in [2.05, 4.69) is 25.2 Å². The number of hydrogen-bond donors (Lipinski definition) is 3. The Labute approximate surface area is 128 Å². The molecule has 1 aromatic carbocycles. The number of hydrogen-bond acceptors (Lipinski definition) is 4. The van der Waals surface area contributed by atoms with Crippen molar-refractivity contribution in [3.8, 4) is 5.75 Å². The van der Waals surface area contributed by atoms with E-state index in [1.807, 2.05) is 26.0 Å². The van der Waals surface area contributed by atoms with Gasteiger partial charge in [0.05, 0.1) is 6.10 Å². The molecule has 4 heteroatoms. The summed E-state index contributed by atoms with van der Waals surface area (Å²) in [6.07, 6.45) is -0.183. The van der Waals surface area contributed by atoms with Crippen molar-refractivity contribution in [2.75, 3.05) is 19.7 Å². The van der Waals surface area contributed by atoms with Gasteiger partial charge in [-0.15, -0.1) is 0 Å². The number of benzene rings is 1. The van der Waals surface area contributed by atoms with Crippen molar-refractivity contribution in [2.24, 2.45) is 5.92 Å². The van der Waals surface area contributed by atoms with Crippen LogP contribution in [0, 0.1) is 19.8 Å². The van der Waals surface area contributed by atoms with E-state index < -0.39 is 6.10 Å². The van der Waals surface area contributed by atoms with E-state index in [0.717, 1.165) is 23.3 Å². The van der Waals surface area contributed by atoms with Gasteiger partial charge in [-0.05, 0) is 49.4 Å². The van der Waals surface area contributed by atoms with Crippen molar-refractivity contribution < 1.29 is 14.9 Å². The normalized spacial score (nSPS) is 14.2. The van der Waals surface area contributed by atoms with Gasteiger partial charge in [0.1, 0.15) is 18.5 Å². The minimum Gasteiger partial charge on any atom is -0.491 e. The first-order chi connectivity index (χ1) is 9.86. The molecule has 0 aliphatic heterocycles. The molecule has 0 fully saturated rings. The highest BCUT2D eigenvalue weighted by Gasteiger charge is 2.09. The Bertz CT molecular complexity index is 400. The average Bonchev–Trinajstić information content (AvgIpc) is 2.34. The van der Waals surface area contributed by atoms with Gasteiger partial charge < -0.3 is 20.3 Å². The summed E-state index contributed by atoms with van der Waals surface area (Å²) < 4.78 is 5.60. The summed E-state index contributed by atoms with van der Waals surface area (Å²) in [7, 11) is 0. The maximum absolute atomic E-state index is 9.87. The molecule has 3 N–H and O–H groups in total. The first-order valence-corrected chi connectivity index (χ1v) is 7.64. The van der Waals surface area contributed by atoms with Crippen LogP contribution in [-0.2, 0) is 0 Å². The molecular formula is C17H29NO3. The molecule has 4 nitrogen and oxygen atoms in total. The minimum absolute atomic E-state index is 0.246. The van der Waals surface area contributed by atoms with E-state index in [0.29, 0.717) is 19.0 Å². The van der Waals surface area contributed by atoms with Crippen LogP contribution < -0.4 is 10.1 Å². The largest absolute Gasteiger partial charge is 0.491 e. The molecular weight excluding hydrogens is 266 g/mol. The Kier molecular flexibility index (Phi) is 7.72. The smallest absolute Gasteiger partial charge is 0.119 e. The van der Waals surface area contributed by atoms with Crippen LogP contribution in [0.3, 0.4) is 0 Å². The van der Waals surface area contributed by atoms with Gasteiger partial charge in [0, 0.05) is 13.1 Å². The van der Waals surface area contributed by atoms with Crippen molar-refractivity contribution in [3.05, 3.63) is 29.3 Å². The Morgan fingerprint density at radius 3 is 2.14 bits per heavy atom. The van der Waals surface area contributed by atoms with E-state index in [-0.39, 0.29) is 12.7 Å². The molecule has 0 saturated carbocycles. The summed E-state index contributed by atoms with van der Waals surface area (Å²) in [5.74, 6) is 1.26. The molecule has 0 aliphatic rings. The van der Waals surface area contributed by atoms with Gasteiger partial charge in [-0.2, -0.15) is 0 Å². The van der Waals surface area contributed by atoms with E-state index in [9.17, 15) is 10.2 Å². The molecule has 0 spiro atoms. The first kappa shape index (κ1) is 18.0. The molecule has 0 radical (unpaired) electrons. The van der Waals surface area contributed by atoms with Gasteiger partial charge in [0.25, 0.3) is 0 Å². The number of aryl methyl sites for hydroxylation is 2. The maximum atomic E-state index is 9.87. The third-order valence-electron chi connectivity index (χ3n) is 3.14. The third-order valence-corrected chi connectivity index (χ3v) is 3.14. The average molecular weight is 295 g/mol. The molecule has 0 aliphatic carbocycles. The lowest BCUT2D eigenvalue weighted by Gasteiger charge is -2.17.